The largest absolute Gasteiger partial charge is 0.444 e. The van der Waals surface area contributed by atoms with Crippen molar-refractivity contribution in [3.63, 3.8) is 0 Å². The van der Waals surface area contributed by atoms with Gasteiger partial charge in [0.05, 0.1) is 12.6 Å². The van der Waals surface area contributed by atoms with E-state index in [2.05, 4.69) is 50.9 Å². The number of aliphatic hydroxyl groups is 1. The molecule has 0 unspecified atom stereocenters. The highest BCUT2D eigenvalue weighted by molar-refractivity contribution is 6.74. The summed E-state index contributed by atoms with van der Waals surface area (Å²) < 4.78 is 12.1. The Hall–Kier alpha value is -1.41. The zero-order valence-corrected chi connectivity index (χ0v) is 22.4. The number of rotatable bonds is 6. The second-order valence-corrected chi connectivity index (χ2v) is 16.3. The first-order valence-corrected chi connectivity index (χ1v) is 14.7. The fourth-order valence-corrected chi connectivity index (χ4v) is 4.67. The minimum Gasteiger partial charge on any atom is -0.444 e. The molecule has 1 aliphatic heterocycles. The minimum atomic E-state index is -1.86. The first-order valence-electron chi connectivity index (χ1n) is 11.8. The van der Waals surface area contributed by atoms with Crippen molar-refractivity contribution in [2.75, 3.05) is 26.2 Å². The summed E-state index contributed by atoms with van der Waals surface area (Å²) in [6, 6.07) is 10.4. The molecule has 0 saturated carbocycles. The zero-order valence-electron chi connectivity index (χ0n) is 21.4. The number of carbonyl (C=O) groups excluding carboxylic acids is 1. The van der Waals surface area contributed by atoms with Crippen molar-refractivity contribution >= 4 is 14.4 Å². The van der Waals surface area contributed by atoms with E-state index in [1.165, 1.54) is 5.56 Å². The number of hydrogen-bond donors (Lipinski definition) is 1. The first-order chi connectivity index (χ1) is 14.7. The van der Waals surface area contributed by atoms with Gasteiger partial charge in [-0.05, 0) is 50.9 Å². The highest BCUT2D eigenvalue weighted by Gasteiger charge is 2.38. The summed E-state index contributed by atoms with van der Waals surface area (Å²) in [6.07, 6.45) is -0.197. The van der Waals surface area contributed by atoms with E-state index in [0.29, 0.717) is 19.7 Å². The maximum Gasteiger partial charge on any atom is 0.410 e. The van der Waals surface area contributed by atoms with Crippen LogP contribution >= 0.6 is 0 Å². The van der Waals surface area contributed by atoms with Gasteiger partial charge in [-0.3, -0.25) is 4.90 Å². The van der Waals surface area contributed by atoms with Gasteiger partial charge >= 0.3 is 6.09 Å². The highest BCUT2D eigenvalue weighted by atomic mass is 28.4. The predicted octanol–water partition coefficient (Wildman–Crippen LogP) is 4.88. The molecule has 7 heteroatoms. The van der Waals surface area contributed by atoms with Crippen LogP contribution < -0.4 is 0 Å². The lowest BCUT2D eigenvalue weighted by atomic mass is 10.1. The van der Waals surface area contributed by atoms with E-state index in [1.54, 1.807) is 4.90 Å². The topological polar surface area (TPSA) is 62.2 Å². The summed E-state index contributed by atoms with van der Waals surface area (Å²) in [5.41, 5.74) is 0.625. The fourth-order valence-electron chi connectivity index (χ4n) is 3.60. The Morgan fingerprint density at radius 3 is 2.25 bits per heavy atom. The number of β-amino-alcohol motifs (C(OH)–C–C–N with tert-alkyl or cyclic N) is 1. The standard InChI is InChI=1S/C25H44N2O4Si/c1-24(2,3)31-23(29)27-17-21(14-15-30-32(7,8)25(4,5)6)26(18-22(28)19-27)16-20-12-10-9-11-13-20/h9-13,21-22,28H,14-19H2,1-8H3/t21-,22-/m0/s1. The molecule has 0 bridgehead atoms. The van der Waals surface area contributed by atoms with E-state index < -0.39 is 20.0 Å². The summed E-state index contributed by atoms with van der Waals surface area (Å²) in [6.45, 7) is 19.5. The van der Waals surface area contributed by atoms with E-state index in [1.807, 2.05) is 39.0 Å². The Bertz CT molecular complexity index is 728. The molecule has 182 valence electrons. The molecule has 1 aliphatic rings. The molecule has 0 aliphatic carbocycles. The van der Waals surface area contributed by atoms with Crippen LogP contribution in [0, 0.1) is 0 Å². The third-order valence-electron chi connectivity index (χ3n) is 6.42. The third kappa shape index (κ3) is 8.18. The van der Waals surface area contributed by atoms with E-state index in [9.17, 15) is 9.90 Å². The molecule has 1 aromatic carbocycles. The van der Waals surface area contributed by atoms with Crippen LogP contribution in [0.2, 0.25) is 18.1 Å². The van der Waals surface area contributed by atoms with Crippen molar-refractivity contribution in [3.05, 3.63) is 35.9 Å². The monoisotopic (exact) mass is 464 g/mol. The summed E-state index contributed by atoms with van der Waals surface area (Å²) in [5, 5.41) is 10.9. The molecule has 0 radical (unpaired) electrons. The maximum absolute atomic E-state index is 12.8. The van der Waals surface area contributed by atoms with E-state index >= 15 is 0 Å². The van der Waals surface area contributed by atoms with Crippen molar-refractivity contribution < 1.29 is 19.1 Å². The maximum atomic E-state index is 12.8. The molecule has 1 fully saturated rings. The van der Waals surface area contributed by atoms with Gasteiger partial charge in [-0.25, -0.2) is 4.79 Å². The quantitative estimate of drug-likeness (QED) is 0.608. The van der Waals surface area contributed by atoms with Gasteiger partial charge in [0.15, 0.2) is 8.32 Å². The Balaban J connectivity index is 2.18. The Morgan fingerprint density at radius 2 is 1.69 bits per heavy atom. The van der Waals surface area contributed by atoms with E-state index in [0.717, 1.165) is 13.0 Å². The SMILES string of the molecule is CC(C)(C)OC(=O)N1C[C@@H](O)CN(Cc2ccccc2)[C@@H](CCO[Si](C)(C)C(C)(C)C)C1. The van der Waals surface area contributed by atoms with Gasteiger partial charge in [-0.1, -0.05) is 51.1 Å². The number of aliphatic hydroxyl groups excluding tert-OH is 1. The normalized spacial score (nSPS) is 21.3. The number of carbonyl (C=O) groups is 1. The lowest BCUT2D eigenvalue weighted by molar-refractivity contribution is 0.0171. The molecule has 2 rings (SSSR count). The second-order valence-electron chi connectivity index (χ2n) is 11.5. The summed E-state index contributed by atoms with van der Waals surface area (Å²) in [7, 11) is -1.86. The van der Waals surface area contributed by atoms with Crippen LogP contribution in [-0.4, -0.2) is 73.3 Å². The number of nitrogens with zero attached hydrogens (tertiary/aromatic N) is 2. The van der Waals surface area contributed by atoms with Crippen LogP contribution in [0.4, 0.5) is 4.79 Å². The van der Waals surface area contributed by atoms with Crippen molar-refractivity contribution in [2.24, 2.45) is 0 Å². The molecule has 0 spiro atoms. The van der Waals surface area contributed by atoms with Crippen molar-refractivity contribution in [3.8, 4) is 0 Å². The molecule has 2 atom stereocenters. The lowest BCUT2D eigenvalue weighted by Gasteiger charge is -2.37. The van der Waals surface area contributed by atoms with Crippen LogP contribution in [0.25, 0.3) is 0 Å². The summed E-state index contributed by atoms with van der Waals surface area (Å²) in [5.74, 6) is 0. The zero-order chi connectivity index (χ0) is 24.2. The molecule has 32 heavy (non-hydrogen) atoms. The van der Waals surface area contributed by atoms with Crippen molar-refractivity contribution in [2.45, 2.75) is 90.4 Å². The number of hydrogen-bond acceptors (Lipinski definition) is 5. The van der Waals surface area contributed by atoms with Gasteiger partial charge < -0.3 is 19.2 Å². The van der Waals surface area contributed by atoms with Crippen LogP contribution in [0.5, 0.6) is 0 Å². The van der Waals surface area contributed by atoms with Crippen LogP contribution in [-0.2, 0) is 15.7 Å². The second kappa shape index (κ2) is 10.7. The summed E-state index contributed by atoms with van der Waals surface area (Å²) >= 11 is 0. The minimum absolute atomic E-state index is 0.0737. The van der Waals surface area contributed by atoms with Gasteiger partial charge in [-0.15, -0.1) is 0 Å². The fraction of sp³-hybridized carbons (Fsp3) is 0.720. The van der Waals surface area contributed by atoms with Crippen LogP contribution in [0.3, 0.4) is 0 Å². The van der Waals surface area contributed by atoms with Gasteiger partial charge in [0.1, 0.15) is 5.60 Å². The van der Waals surface area contributed by atoms with Crippen LogP contribution in [0.1, 0.15) is 53.5 Å². The van der Waals surface area contributed by atoms with Gasteiger partial charge in [0.2, 0.25) is 0 Å². The van der Waals surface area contributed by atoms with E-state index in [-0.39, 0.29) is 23.7 Å². The van der Waals surface area contributed by atoms with Crippen LogP contribution in [0.15, 0.2) is 30.3 Å². The lowest BCUT2D eigenvalue weighted by Crippen LogP contribution is -2.46. The molecule has 1 saturated heterocycles. The smallest absolute Gasteiger partial charge is 0.410 e. The Morgan fingerprint density at radius 1 is 1.06 bits per heavy atom. The average molecular weight is 465 g/mol. The summed E-state index contributed by atoms with van der Waals surface area (Å²) in [4.78, 5) is 16.8. The molecular weight excluding hydrogens is 420 g/mol. The number of ether oxygens (including phenoxy) is 1. The first kappa shape index (κ1) is 26.8. The molecule has 1 N–H and O–H groups in total. The number of benzene rings is 1. The van der Waals surface area contributed by atoms with Crippen molar-refractivity contribution in [1.82, 2.24) is 9.80 Å². The Kier molecular flexibility index (Phi) is 8.95. The molecule has 1 heterocycles. The Labute approximate surface area is 196 Å². The van der Waals surface area contributed by atoms with E-state index in [4.69, 9.17) is 9.16 Å². The average Bonchev–Trinajstić information content (AvgIpc) is 2.79. The molecule has 6 nitrogen and oxygen atoms in total. The molecule has 1 amide bonds. The number of amides is 1. The molecule has 1 aromatic rings. The van der Waals surface area contributed by atoms with Crippen molar-refractivity contribution in [1.29, 1.82) is 0 Å². The highest BCUT2D eigenvalue weighted by Crippen LogP contribution is 2.36. The molecule has 0 aromatic heterocycles. The predicted molar refractivity (Wildman–Crippen MR) is 132 cm³/mol. The van der Waals surface area contributed by atoms with Gasteiger partial charge in [0.25, 0.3) is 0 Å². The van der Waals surface area contributed by atoms with Gasteiger partial charge in [-0.2, -0.15) is 0 Å². The molecular formula is C25H44N2O4Si. The third-order valence-corrected chi connectivity index (χ3v) is 11.0. The van der Waals surface area contributed by atoms with Gasteiger partial charge in [0, 0.05) is 32.3 Å².